The molecule has 3 heterocycles. The van der Waals surface area contributed by atoms with Crippen molar-refractivity contribution in [2.75, 3.05) is 46.9 Å². The van der Waals surface area contributed by atoms with Gasteiger partial charge in [-0.05, 0) is 24.3 Å². The summed E-state index contributed by atoms with van der Waals surface area (Å²) in [5.74, 6) is -0.259. The number of hydrogen-bond donors (Lipinski definition) is 0. The highest BCUT2D eigenvalue weighted by Gasteiger charge is 2.38. The van der Waals surface area contributed by atoms with Gasteiger partial charge in [0.15, 0.2) is 17.1 Å². The van der Waals surface area contributed by atoms with Crippen LogP contribution in [0.1, 0.15) is 5.82 Å². The Balaban J connectivity index is 1.43. The van der Waals surface area contributed by atoms with E-state index in [1.807, 2.05) is 4.90 Å². The number of pyridine rings is 1. The van der Waals surface area contributed by atoms with Crippen molar-refractivity contribution in [1.82, 2.24) is 23.7 Å². The van der Waals surface area contributed by atoms with Crippen molar-refractivity contribution in [3.8, 4) is 11.5 Å². The van der Waals surface area contributed by atoms with Gasteiger partial charge >= 0.3 is 6.18 Å². The second kappa shape index (κ2) is 9.39. The molecular formula is C21H24F3N5O4S. The number of imidazole rings is 1. The van der Waals surface area contributed by atoms with Gasteiger partial charge in [0.2, 0.25) is 15.8 Å². The van der Waals surface area contributed by atoms with Crippen LogP contribution in [0.4, 0.5) is 13.2 Å². The summed E-state index contributed by atoms with van der Waals surface area (Å²) in [6.07, 6.45) is -3.18. The normalized spacial score (nSPS) is 16.1. The van der Waals surface area contributed by atoms with Crippen molar-refractivity contribution < 1.29 is 31.1 Å². The number of aromatic nitrogens is 3. The lowest BCUT2D eigenvalue weighted by atomic mass is 10.3. The van der Waals surface area contributed by atoms with E-state index in [-0.39, 0.29) is 35.7 Å². The predicted molar refractivity (Wildman–Crippen MR) is 117 cm³/mol. The third-order valence-corrected chi connectivity index (χ3v) is 7.62. The van der Waals surface area contributed by atoms with Crippen LogP contribution in [0.5, 0.6) is 11.5 Å². The van der Waals surface area contributed by atoms with Crippen LogP contribution < -0.4 is 9.47 Å². The van der Waals surface area contributed by atoms with Crippen LogP contribution in [-0.2, 0) is 22.7 Å². The maximum absolute atomic E-state index is 13.5. The van der Waals surface area contributed by atoms with Crippen LogP contribution in [0, 0.1) is 0 Å². The maximum Gasteiger partial charge on any atom is 0.449 e. The lowest BCUT2D eigenvalue weighted by Crippen LogP contribution is -2.49. The smallest absolute Gasteiger partial charge is 0.449 e. The minimum Gasteiger partial charge on any atom is -0.493 e. The fraction of sp³-hybridized carbons (Fsp3) is 0.429. The van der Waals surface area contributed by atoms with Crippen LogP contribution in [0.25, 0.3) is 11.2 Å². The summed E-state index contributed by atoms with van der Waals surface area (Å²) >= 11 is 0. The van der Waals surface area contributed by atoms with E-state index >= 15 is 0 Å². The van der Waals surface area contributed by atoms with E-state index in [1.54, 1.807) is 0 Å². The Morgan fingerprint density at radius 2 is 1.71 bits per heavy atom. The molecule has 2 aromatic heterocycles. The van der Waals surface area contributed by atoms with Crippen molar-refractivity contribution in [2.24, 2.45) is 0 Å². The summed E-state index contributed by atoms with van der Waals surface area (Å²) in [4.78, 5) is 9.77. The summed E-state index contributed by atoms with van der Waals surface area (Å²) in [6.45, 7) is 1.53. The Kier molecular flexibility index (Phi) is 6.69. The van der Waals surface area contributed by atoms with Crippen LogP contribution in [0.3, 0.4) is 0 Å². The summed E-state index contributed by atoms with van der Waals surface area (Å²) in [6, 6.07) is 7.43. The Hall–Kier alpha value is -2.90. The van der Waals surface area contributed by atoms with Gasteiger partial charge in [-0.25, -0.2) is 18.4 Å². The third-order valence-electron chi connectivity index (χ3n) is 5.72. The number of methoxy groups -OCH3 is 2. The number of fused-ring (bicyclic) bond motifs is 1. The molecule has 0 amide bonds. The van der Waals surface area contributed by atoms with Crippen LogP contribution in [-0.4, -0.2) is 79.1 Å². The van der Waals surface area contributed by atoms with Gasteiger partial charge in [0.25, 0.3) is 0 Å². The molecule has 0 bridgehead atoms. The zero-order valence-corrected chi connectivity index (χ0v) is 19.4. The largest absolute Gasteiger partial charge is 0.493 e. The average Bonchev–Trinajstić information content (AvgIpc) is 3.22. The topological polar surface area (TPSA) is 89.8 Å². The van der Waals surface area contributed by atoms with E-state index in [0.29, 0.717) is 31.1 Å². The zero-order chi connectivity index (χ0) is 24.5. The Morgan fingerprint density at radius 1 is 1.00 bits per heavy atom. The molecule has 1 fully saturated rings. The minimum absolute atomic E-state index is 0.0325. The first-order valence-electron chi connectivity index (χ1n) is 10.5. The molecule has 1 aromatic carbocycles. The molecule has 0 spiro atoms. The quantitative estimate of drug-likeness (QED) is 0.493. The van der Waals surface area contributed by atoms with Crippen LogP contribution in [0.15, 0.2) is 41.4 Å². The number of rotatable bonds is 7. The molecule has 13 heteroatoms. The molecule has 0 saturated carbocycles. The molecule has 0 aliphatic carbocycles. The molecule has 34 heavy (non-hydrogen) atoms. The van der Waals surface area contributed by atoms with Gasteiger partial charge in [-0.2, -0.15) is 17.5 Å². The lowest BCUT2D eigenvalue weighted by molar-refractivity contribution is -0.147. The molecule has 0 atom stereocenters. The molecule has 9 nitrogen and oxygen atoms in total. The van der Waals surface area contributed by atoms with Crippen molar-refractivity contribution in [1.29, 1.82) is 0 Å². The SMILES string of the molecule is COc1ccc(S(=O)(=O)N2CCN(CCn3c(C(F)(F)F)nc4cccnc43)CC2)cc1OC. The van der Waals surface area contributed by atoms with Crippen molar-refractivity contribution in [3.63, 3.8) is 0 Å². The summed E-state index contributed by atoms with van der Waals surface area (Å²) < 4.78 is 79.4. The van der Waals surface area contributed by atoms with Gasteiger partial charge in [-0.1, -0.05) is 0 Å². The van der Waals surface area contributed by atoms with E-state index in [4.69, 9.17) is 9.47 Å². The highest BCUT2D eigenvalue weighted by molar-refractivity contribution is 7.89. The zero-order valence-electron chi connectivity index (χ0n) is 18.6. The first kappa shape index (κ1) is 24.2. The second-order valence-electron chi connectivity index (χ2n) is 7.69. The number of hydrogen-bond acceptors (Lipinski definition) is 7. The van der Waals surface area contributed by atoms with Gasteiger partial charge in [-0.3, -0.25) is 4.90 Å². The highest BCUT2D eigenvalue weighted by atomic mass is 32.2. The molecular weight excluding hydrogens is 475 g/mol. The lowest BCUT2D eigenvalue weighted by Gasteiger charge is -2.34. The number of nitrogens with zero attached hydrogens (tertiary/aromatic N) is 5. The number of alkyl halides is 3. The molecule has 1 aliphatic rings. The standard InChI is InChI=1S/C21H24F3N5O4S/c1-32-17-6-5-15(14-18(17)33-2)34(30,31)28-11-8-27(9-12-28)10-13-29-19-16(4-3-7-25-19)26-20(29)21(22,23)24/h3-7,14H,8-13H2,1-2H3. The first-order chi connectivity index (χ1) is 16.1. The minimum atomic E-state index is -4.60. The second-order valence-corrected chi connectivity index (χ2v) is 9.63. The Bertz CT molecular complexity index is 1270. The van der Waals surface area contributed by atoms with Crippen molar-refractivity contribution in [2.45, 2.75) is 17.6 Å². The predicted octanol–water partition coefficient (Wildman–Crippen LogP) is 2.47. The van der Waals surface area contributed by atoms with Crippen LogP contribution in [0.2, 0.25) is 0 Å². The fourth-order valence-electron chi connectivity index (χ4n) is 3.95. The number of ether oxygens (including phenoxy) is 2. The summed E-state index contributed by atoms with van der Waals surface area (Å²) in [7, 11) is -0.868. The average molecular weight is 500 g/mol. The fourth-order valence-corrected chi connectivity index (χ4v) is 5.39. The van der Waals surface area contributed by atoms with Gasteiger partial charge in [0.05, 0.1) is 19.1 Å². The van der Waals surface area contributed by atoms with Crippen LogP contribution >= 0.6 is 0 Å². The number of piperazine rings is 1. The summed E-state index contributed by atoms with van der Waals surface area (Å²) in [5.41, 5.74) is 0.352. The summed E-state index contributed by atoms with van der Waals surface area (Å²) in [5, 5.41) is 0. The number of benzene rings is 1. The van der Waals surface area contributed by atoms with E-state index in [2.05, 4.69) is 9.97 Å². The van der Waals surface area contributed by atoms with Gasteiger partial charge in [0, 0.05) is 51.5 Å². The van der Waals surface area contributed by atoms with Crippen molar-refractivity contribution >= 4 is 21.2 Å². The highest BCUT2D eigenvalue weighted by Crippen LogP contribution is 2.32. The molecule has 184 valence electrons. The Morgan fingerprint density at radius 3 is 2.35 bits per heavy atom. The number of halogens is 3. The first-order valence-corrected chi connectivity index (χ1v) is 11.9. The van der Waals surface area contributed by atoms with Gasteiger partial charge in [-0.15, -0.1) is 0 Å². The van der Waals surface area contributed by atoms with E-state index < -0.39 is 22.0 Å². The van der Waals surface area contributed by atoms with E-state index in [1.165, 1.54) is 55.1 Å². The molecule has 0 N–H and O–H groups in total. The van der Waals surface area contributed by atoms with Gasteiger partial charge < -0.3 is 14.0 Å². The van der Waals surface area contributed by atoms with E-state index in [0.717, 1.165) is 4.57 Å². The molecule has 4 rings (SSSR count). The molecule has 1 aliphatic heterocycles. The third kappa shape index (κ3) is 4.68. The molecule has 0 radical (unpaired) electrons. The molecule has 1 saturated heterocycles. The number of sulfonamides is 1. The van der Waals surface area contributed by atoms with Gasteiger partial charge in [0.1, 0.15) is 5.52 Å². The van der Waals surface area contributed by atoms with Crippen molar-refractivity contribution in [3.05, 3.63) is 42.4 Å². The van der Waals surface area contributed by atoms with E-state index in [9.17, 15) is 21.6 Å². The monoisotopic (exact) mass is 499 g/mol. The Labute approximate surface area is 194 Å². The molecule has 3 aromatic rings. The maximum atomic E-state index is 13.5. The molecule has 0 unspecified atom stereocenters.